The van der Waals surface area contributed by atoms with Crippen molar-refractivity contribution in [2.24, 2.45) is 0 Å². The van der Waals surface area contributed by atoms with Gasteiger partial charge in [-0.15, -0.1) is 0 Å². The third-order valence-corrected chi connectivity index (χ3v) is 3.79. The van der Waals surface area contributed by atoms with Gasteiger partial charge in [0.15, 0.2) is 18.2 Å². The molecule has 2 aromatic heterocycles. The summed E-state index contributed by atoms with van der Waals surface area (Å²) in [4.78, 5) is 28.2. The van der Waals surface area contributed by atoms with Gasteiger partial charge in [-0.25, -0.2) is 14.2 Å². The molecule has 0 aliphatic heterocycles. The van der Waals surface area contributed by atoms with Crippen LogP contribution in [0.25, 0.3) is 4.96 Å². The fourth-order valence-corrected chi connectivity index (χ4v) is 2.69. The van der Waals surface area contributed by atoms with Crippen LogP contribution in [0.2, 0.25) is 0 Å². The molecule has 1 aromatic carbocycles. The van der Waals surface area contributed by atoms with E-state index in [0.29, 0.717) is 15.7 Å². The first kappa shape index (κ1) is 16.1. The SMILES string of the molecule is Cc1nn2c(=O)cc(COC(=O)COc3ccccc3F)nc2s1. The molecule has 9 heteroatoms. The maximum absolute atomic E-state index is 13.4. The molecular formula is C15H12FN3O4S. The maximum Gasteiger partial charge on any atom is 0.344 e. The molecular weight excluding hydrogens is 337 g/mol. The minimum atomic E-state index is -0.694. The smallest absolute Gasteiger partial charge is 0.344 e. The minimum absolute atomic E-state index is 0.0348. The Morgan fingerprint density at radius 1 is 1.38 bits per heavy atom. The average Bonchev–Trinajstić information content (AvgIpc) is 2.93. The molecule has 2 heterocycles. The summed E-state index contributed by atoms with van der Waals surface area (Å²) in [5.74, 6) is -1.29. The molecule has 0 atom stereocenters. The summed E-state index contributed by atoms with van der Waals surface area (Å²) in [5.41, 5.74) is -0.0408. The van der Waals surface area contributed by atoms with Crippen molar-refractivity contribution in [3.63, 3.8) is 0 Å². The first-order valence-electron chi connectivity index (χ1n) is 6.92. The van der Waals surface area contributed by atoms with E-state index in [0.717, 1.165) is 0 Å². The largest absolute Gasteiger partial charge is 0.479 e. The quantitative estimate of drug-likeness (QED) is 0.652. The van der Waals surface area contributed by atoms with Crippen molar-refractivity contribution in [2.45, 2.75) is 13.5 Å². The van der Waals surface area contributed by atoms with Gasteiger partial charge >= 0.3 is 5.97 Å². The second-order valence-corrected chi connectivity index (χ2v) is 5.94. The van der Waals surface area contributed by atoms with Gasteiger partial charge in [-0.3, -0.25) is 4.79 Å². The lowest BCUT2D eigenvalue weighted by Crippen LogP contribution is -2.18. The Hall–Kier alpha value is -2.81. The number of para-hydroxylation sites is 1. The van der Waals surface area contributed by atoms with Crippen molar-refractivity contribution in [2.75, 3.05) is 6.61 Å². The van der Waals surface area contributed by atoms with Crippen LogP contribution in [0.1, 0.15) is 10.7 Å². The van der Waals surface area contributed by atoms with E-state index in [4.69, 9.17) is 9.47 Å². The van der Waals surface area contributed by atoms with Crippen molar-refractivity contribution in [1.82, 2.24) is 14.6 Å². The van der Waals surface area contributed by atoms with Crippen molar-refractivity contribution in [1.29, 1.82) is 0 Å². The summed E-state index contributed by atoms with van der Waals surface area (Å²) < 4.78 is 24.6. The normalized spacial score (nSPS) is 10.8. The zero-order valence-electron chi connectivity index (χ0n) is 12.6. The van der Waals surface area contributed by atoms with Crippen molar-refractivity contribution in [3.8, 4) is 5.75 Å². The van der Waals surface area contributed by atoms with Crippen LogP contribution < -0.4 is 10.3 Å². The molecule has 3 rings (SSSR count). The minimum Gasteiger partial charge on any atom is -0.479 e. The molecule has 0 bridgehead atoms. The predicted octanol–water partition coefficient (Wildman–Crippen LogP) is 1.72. The highest BCUT2D eigenvalue weighted by Gasteiger charge is 2.11. The number of halogens is 1. The van der Waals surface area contributed by atoms with Gasteiger partial charge in [0, 0.05) is 6.07 Å². The Bertz CT molecular complexity index is 953. The fraction of sp³-hybridized carbons (Fsp3) is 0.200. The Kier molecular flexibility index (Phi) is 4.52. The van der Waals surface area contributed by atoms with E-state index in [1.54, 1.807) is 13.0 Å². The Morgan fingerprint density at radius 2 is 2.17 bits per heavy atom. The predicted molar refractivity (Wildman–Crippen MR) is 83.6 cm³/mol. The molecule has 124 valence electrons. The molecule has 0 N–H and O–H groups in total. The lowest BCUT2D eigenvalue weighted by molar-refractivity contribution is -0.147. The lowest BCUT2D eigenvalue weighted by atomic mass is 10.3. The zero-order chi connectivity index (χ0) is 17.1. The van der Waals surface area contributed by atoms with E-state index in [1.165, 1.54) is 40.1 Å². The Morgan fingerprint density at radius 3 is 2.96 bits per heavy atom. The van der Waals surface area contributed by atoms with E-state index in [-0.39, 0.29) is 17.9 Å². The third kappa shape index (κ3) is 3.57. The number of benzene rings is 1. The van der Waals surface area contributed by atoms with E-state index >= 15 is 0 Å². The lowest BCUT2D eigenvalue weighted by Gasteiger charge is -2.07. The van der Waals surface area contributed by atoms with Crippen LogP contribution in [0.4, 0.5) is 4.39 Å². The Labute approximate surface area is 139 Å². The van der Waals surface area contributed by atoms with Gasteiger partial charge in [0.1, 0.15) is 11.6 Å². The molecule has 0 spiro atoms. The molecule has 0 unspecified atom stereocenters. The number of nitrogens with zero attached hydrogens (tertiary/aromatic N) is 3. The summed E-state index contributed by atoms with van der Waals surface area (Å²) >= 11 is 1.26. The summed E-state index contributed by atoms with van der Waals surface area (Å²) in [6.45, 7) is 1.14. The summed E-state index contributed by atoms with van der Waals surface area (Å²) in [5, 5.41) is 4.72. The van der Waals surface area contributed by atoms with Gasteiger partial charge in [0.25, 0.3) is 5.56 Å². The standard InChI is InChI=1S/C15H12FN3O4S/c1-9-18-19-13(20)6-10(17-15(19)24-9)7-23-14(21)8-22-12-5-3-2-4-11(12)16/h2-6H,7-8H2,1H3. The number of fused-ring (bicyclic) bond motifs is 1. The molecule has 7 nitrogen and oxygen atoms in total. The number of aryl methyl sites for hydroxylation is 1. The van der Waals surface area contributed by atoms with Crippen LogP contribution >= 0.6 is 11.3 Å². The first-order chi connectivity index (χ1) is 11.5. The number of ether oxygens (including phenoxy) is 2. The topological polar surface area (TPSA) is 82.8 Å². The van der Waals surface area contributed by atoms with Crippen LogP contribution in [-0.2, 0) is 16.1 Å². The number of rotatable bonds is 5. The maximum atomic E-state index is 13.4. The highest BCUT2D eigenvalue weighted by molar-refractivity contribution is 7.16. The van der Waals surface area contributed by atoms with Crippen LogP contribution in [0.5, 0.6) is 5.75 Å². The molecule has 0 radical (unpaired) electrons. The number of carbonyl (C=O) groups excluding carboxylic acids is 1. The van der Waals surface area contributed by atoms with Gasteiger partial charge in [-0.2, -0.15) is 9.61 Å². The fourth-order valence-electron chi connectivity index (χ4n) is 1.92. The van der Waals surface area contributed by atoms with Crippen LogP contribution in [-0.4, -0.2) is 27.2 Å². The van der Waals surface area contributed by atoms with Crippen LogP contribution in [0.3, 0.4) is 0 Å². The summed E-state index contributed by atoms with van der Waals surface area (Å²) in [6.07, 6.45) is 0. The van der Waals surface area contributed by atoms with Crippen molar-refractivity contribution in [3.05, 3.63) is 57.2 Å². The van der Waals surface area contributed by atoms with E-state index < -0.39 is 18.4 Å². The third-order valence-electron chi connectivity index (χ3n) is 2.96. The highest BCUT2D eigenvalue weighted by Crippen LogP contribution is 2.15. The number of hydrogen-bond acceptors (Lipinski definition) is 7. The molecule has 3 aromatic rings. The Balaban J connectivity index is 1.60. The van der Waals surface area contributed by atoms with E-state index in [9.17, 15) is 14.0 Å². The van der Waals surface area contributed by atoms with Crippen LogP contribution in [0, 0.1) is 12.7 Å². The van der Waals surface area contributed by atoms with Gasteiger partial charge in [-0.05, 0) is 19.1 Å². The van der Waals surface area contributed by atoms with Crippen molar-refractivity contribution >= 4 is 22.3 Å². The number of esters is 1. The summed E-state index contributed by atoms with van der Waals surface area (Å²) in [7, 11) is 0. The monoisotopic (exact) mass is 349 g/mol. The van der Waals surface area contributed by atoms with E-state index in [1.807, 2.05) is 0 Å². The number of hydrogen-bond donors (Lipinski definition) is 0. The second-order valence-electron chi connectivity index (χ2n) is 4.78. The summed E-state index contributed by atoms with van der Waals surface area (Å²) in [6, 6.07) is 6.99. The molecule has 0 fully saturated rings. The molecule has 0 amide bonds. The molecule has 24 heavy (non-hydrogen) atoms. The molecule has 0 saturated carbocycles. The van der Waals surface area contributed by atoms with Crippen molar-refractivity contribution < 1.29 is 18.7 Å². The molecule has 0 aliphatic carbocycles. The highest BCUT2D eigenvalue weighted by atomic mass is 32.1. The van der Waals surface area contributed by atoms with Gasteiger partial charge in [0.2, 0.25) is 4.96 Å². The average molecular weight is 349 g/mol. The van der Waals surface area contributed by atoms with E-state index in [2.05, 4.69) is 10.1 Å². The number of aromatic nitrogens is 3. The number of carbonyl (C=O) groups is 1. The zero-order valence-corrected chi connectivity index (χ0v) is 13.4. The molecule has 0 saturated heterocycles. The van der Waals surface area contributed by atoms with Crippen LogP contribution in [0.15, 0.2) is 35.1 Å². The second kappa shape index (κ2) is 6.75. The molecule has 0 aliphatic rings. The van der Waals surface area contributed by atoms with Gasteiger partial charge in [0.05, 0.1) is 5.69 Å². The van der Waals surface area contributed by atoms with Gasteiger partial charge < -0.3 is 9.47 Å². The van der Waals surface area contributed by atoms with Gasteiger partial charge in [-0.1, -0.05) is 23.5 Å². The first-order valence-corrected chi connectivity index (χ1v) is 7.74.